The molecule has 13 aromatic carbocycles. The van der Waals surface area contributed by atoms with E-state index in [1.54, 1.807) is 114 Å². The van der Waals surface area contributed by atoms with Crippen molar-refractivity contribution < 1.29 is 67.5 Å². The fourth-order valence-electron chi connectivity index (χ4n) is 16.1. The van der Waals surface area contributed by atoms with Crippen molar-refractivity contribution in [2.24, 2.45) is 0 Å². The van der Waals surface area contributed by atoms with Crippen LogP contribution in [0.2, 0.25) is 0 Å². The van der Waals surface area contributed by atoms with Gasteiger partial charge in [-0.25, -0.2) is 4.98 Å². The Morgan fingerprint density at radius 1 is 0.401 bits per heavy atom. The number of rotatable bonds is 34. The number of hydrogen-bond donors (Lipinski definition) is 8. The average Bonchev–Trinajstić information content (AvgIpc) is 1.73. The number of nitrogens with one attached hydrogen (secondary N) is 6. The van der Waals surface area contributed by atoms with Crippen molar-refractivity contribution in [3.05, 3.63) is 432 Å². The lowest BCUT2D eigenvalue weighted by molar-refractivity contribution is -0.120. The highest BCUT2D eigenvalue weighted by Gasteiger charge is 2.24. The number of aromatic hydroxyl groups is 2. The molecular weight excluding hydrogens is 1900 g/mol. The monoisotopic (exact) mass is 2020 g/mol. The minimum atomic E-state index is -0.297. The van der Waals surface area contributed by atoms with Crippen LogP contribution in [0.5, 0.6) is 34.5 Å². The van der Waals surface area contributed by atoms with E-state index < -0.39 is 0 Å². The molecule has 8 N–H and O–H groups in total. The Kier molecular flexibility index (Phi) is 39.7. The molecule has 0 radical (unpaired) electrons. The van der Waals surface area contributed by atoms with E-state index in [0.717, 1.165) is 143 Å². The van der Waals surface area contributed by atoms with Crippen molar-refractivity contribution in [3.63, 3.8) is 0 Å². The van der Waals surface area contributed by atoms with Crippen molar-refractivity contribution in [2.75, 3.05) is 84.1 Å². The Hall–Kier alpha value is -16.4. The van der Waals surface area contributed by atoms with E-state index >= 15 is 0 Å². The molecule has 1 saturated heterocycles. The van der Waals surface area contributed by atoms with Gasteiger partial charge in [0.1, 0.15) is 46.1 Å². The molecule has 0 bridgehead atoms. The van der Waals surface area contributed by atoms with Gasteiger partial charge in [-0.1, -0.05) is 207 Å². The molecule has 0 spiro atoms. The maximum atomic E-state index is 12.6. The van der Waals surface area contributed by atoms with Gasteiger partial charge >= 0.3 is 0 Å². The molecule has 23 nitrogen and oxygen atoms in total. The fourth-order valence-corrected chi connectivity index (χ4v) is 18.2. The number of carbonyl (C=O) groups is 8. The quantitative estimate of drug-likeness (QED) is 0.0137. The van der Waals surface area contributed by atoms with Crippen LogP contribution < -0.4 is 55.7 Å². The molecule has 0 unspecified atom stereocenters. The second kappa shape index (κ2) is 54.9. The van der Waals surface area contributed by atoms with Crippen LogP contribution in [-0.4, -0.2) is 126 Å². The molecular formula is C121H119N9O14S3. The number of aromatic nitrogens is 1. The van der Waals surface area contributed by atoms with E-state index in [2.05, 4.69) is 103 Å². The van der Waals surface area contributed by atoms with Crippen molar-refractivity contribution in [1.29, 1.82) is 0 Å². The fraction of sp³-hybridized carbons (Fsp3) is 0.198. The van der Waals surface area contributed by atoms with Crippen LogP contribution in [0, 0.1) is 27.7 Å². The van der Waals surface area contributed by atoms with Crippen molar-refractivity contribution in [1.82, 2.24) is 15.2 Å². The van der Waals surface area contributed by atoms with Gasteiger partial charge in [0.05, 0.1) is 44.7 Å². The number of benzene rings is 13. The number of hydrogen-bond acceptors (Lipinski definition) is 20. The smallest absolute Gasteiger partial charge is 0.265 e. The molecule has 3 aromatic heterocycles. The topological polar surface area (TPSA) is 305 Å². The van der Waals surface area contributed by atoms with E-state index in [1.807, 2.05) is 220 Å². The number of ketones is 2. The minimum Gasteiger partial charge on any atom is -0.506 e. The Morgan fingerprint density at radius 2 is 0.986 bits per heavy atom. The molecule has 1 saturated carbocycles. The first-order chi connectivity index (χ1) is 71.5. The van der Waals surface area contributed by atoms with E-state index in [-0.39, 0.29) is 84.4 Å². The van der Waals surface area contributed by atoms with E-state index in [0.29, 0.717) is 86.6 Å². The normalized spacial score (nSPS) is 12.0. The molecule has 2 fully saturated rings. The summed E-state index contributed by atoms with van der Waals surface area (Å²) in [6, 6.07) is 106. The number of phenolic OH excluding ortho intramolecular Hbond substituents is 2. The van der Waals surface area contributed by atoms with Gasteiger partial charge in [-0.15, -0.1) is 34.0 Å². The van der Waals surface area contributed by atoms with E-state index in [1.165, 1.54) is 52.0 Å². The van der Waals surface area contributed by atoms with Gasteiger partial charge in [0.15, 0.2) is 24.8 Å². The number of Topliss-reactive ketones (excluding diaryl/α,β-unsaturated/α-hetero) is 2. The summed E-state index contributed by atoms with van der Waals surface area (Å²) in [5.41, 5.74) is 18.3. The number of phenols is 2. The third-order valence-electron chi connectivity index (χ3n) is 24.2. The number of nitrogens with zero attached hydrogens (tertiary/aromatic N) is 3. The van der Waals surface area contributed by atoms with Crippen molar-refractivity contribution in [3.8, 4) is 56.3 Å². The zero-order valence-corrected chi connectivity index (χ0v) is 85.2. The zero-order chi connectivity index (χ0) is 103. The molecule has 18 rings (SSSR count). The Morgan fingerprint density at radius 3 is 1.65 bits per heavy atom. The zero-order valence-electron chi connectivity index (χ0n) is 82.7. The van der Waals surface area contributed by atoms with Gasteiger partial charge in [-0.05, 0) is 273 Å². The first kappa shape index (κ1) is 106. The van der Waals surface area contributed by atoms with Crippen LogP contribution in [0.4, 0.5) is 34.1 Å². The third kappa shape index (κ3) is 33.9. The molecule has 4 heterocycles. The number of amides is 6. The molecule has 1 aliphatic carbocycles. The van der Waals surface area contributed by atoms with Crippen molar-refractivity contribution >= 4 is 115 Å². The standard InChI is InChI=1S/C27H31N3O2.C26H26O4.C23H18N2O4S2.C23H18N2OS.C22H26N2O3/c1-21-8-13-26(18-22(21)2)32-20-27(31)28-24-9-11-25(12-10-24)30-16-14-29(15-17-30)19-23-6-4-3-5-7-23;1-2-29-24-13-8-21(9-14-24)18-23(27)19-30-25-15-11-22(12-16-25)26(28)17-10-20-6-4-3-5-7-20;26-18-8-6-14(12-17(18)25-23(29)21-4-2-10-31-21)11-15-5-7-16(19(27)13-15)24-22(28)20-3-1-9-30-20;1-16-10-12-17(13-11-16)22(26)24-20-9-5-8-19(14-20)21-15-27-23(25-21)18-6-3-2-4-7-18;1-16-8-7-11-18(14-16)27-15-21(25)24-20-13-6-5-12-19(20)22(26)23-17-9-3-2-4-10-17/h3-13,18H,14-17,19-20H2,1-2H3,(H,28,31);3-9,11-16H,2,10,17-19H2,1H3;1-10,12-13,26-27H,11H2,(H,24,28)(H,25,29);2-15H,1H3,(H,24,26);5-8,11-14,17H,2-4,9-10,15H2,1H3,(H,23,26)(H,24,25). The summed E-state index contributed by atoms with van der Waals surface area (Å²) in [4.78, 5) is 109. The molecule has 6 amide bonds. The lowest BCUT2D eigenvalue weighted by Crippen LogP contribution is -2.45. The molecule has 26 heteroatoms. The Bertz CT molecular complexity index is 7000. The lowest BCUT2D eigenvalue weighted by Gasteiger charge is -2.36. The second-order valence-corrected chi connectivity index (χ2v) is 38.2. The maximum Gasteiger partial charge on any atom is 0.265 e. The second-order valence-electron chi connectivity index (χ2n) is 35.4. The number of anilines is 6. The van der Waals surface area contributed by atoms with Crippen LogP contribution in [0.15, 0.2) is 356 Å². The molecule has 2 aliphatic rings. The number of aryl methyl sites for hydroxylation is 5. The molecule has 1 aliphatic heterocycles. The number of thiazole rings is 1. The first-order valence-corrected chi connectivity index (χ1v) is 51.5. The lowest BCUT2D eigenvalue weighted by atomic mass is 9.95. The van der Waals surface area contributed by atoms with Crippen LogP contribution >= 0.6 is 34.0 Å². The summed E-state index contributed by atoms with van der Waals surface area (Å²) in [7, 11) is 0. The van der Waals surface area contributed by atoms with Crippen LogP contribution in [0.25, 0.3) is 21.8 Å². The number of ether oxygens (including phenoxy) is 4. The molecule has 16 aromatic rings. The molecule has 147 heavy (non-hydrogen) atoms. The Balaban J connectivity index is 0.000000145. The highest BCUT2D eigenvalue weighted by atomic mass is 32.1. The van der Waals surface area contributed by atoms with E-state index in [4.69, 9.17) is 23.9 Å². The predicted molar refractivity (Wildman–Crippen MR) is 590 cm³/mol. The first-order valence-electron chi connectivity index (χ1n) is 48.9. The van der Waals surface area contributed by atoms with Crippen LogP contribution in [0.1, 0.15) is 146 Å². The summed E-state index contributed by atoms with van der Waals surface area (Å²) >= 11 is 4.26. The summed E-state index contributed by atoms with van der Waals surface area (Å²) < 4.78 is 22.1. The third-order valence-corrected chi connectivity index (χ3v) is 26.8. The maximum absolute atomic E-state index is 12.6. The highest BCUT2D eigenvalue weighted by Crippen LogP contribution is 2.34. The summed E-state index contributed by atoms with van der Waals surface area (Å²) in [5.74, 6) is 1.48. The summed E-state index contributed by atoms with van der Waals surface area (Å²) in [5, 5.41) is 44.3. The average molecular weight is 2020 g/mol. The summed E-state index contributed by atoms with van der Waals surface area (Å²) in [6.07, 6.45) is 7.54. The van der Waals surface area contributed by atoms with Crippen molar-refractivity contribution in [2.45, 2.75) is 105 Å². The number of piperazine rings is 1. The van der Waals surface area contributed by atoms with Crippen LogP contribution in [0.3, 0.4) is 0 Å². The largest absolute Gasteiger partial charge is 0.506 e. The van der Waals surface area contributed by atoms with Gasteiger partial charge in [-0.2, -0.15) is 0 Å². The minimum absolute atomic E-state index is 0.00544. The number of thiophene rings is 2. The number of para-hydroxylation sites is 1. The van der Waals surface area contributed by atoms with Gasteiger partial charge < -0.3 is 66.0 Å². The van der Waals surface area contributed by atoms with Gasteiger partial charge in [0.2, 0.25) is 0 Å². The Labute approximate surface area is 869 Å². The van der Waals surface area contributed by atoms with Gasteiger partial charge in [0, 0.05) is 96.3 Å². The molecule has 750 valence electrons. The van der Waals surface area contributed by atoms with Crippen LogP contribution in [-0.2, 0) is 40.2 Å². The molecule has 0 atom stereocenters. The van der Waals surface area contributed by atoms with Gasteiger partial charge in [-0.3, -0.25) is 43.3 Å². The van der Waals surface area contributed by atoms with E-state index in [9.17, 15) is 48.6 Å². The number of carbonyl (C=O) groups excluding carboxylic acids is 8. The summed E-state index contributed by atoms with van der Waals surface area (Å²) in [6.45, 7) is 15.6. The predicted octanol–water partition coefficient (Wildman–Crippen LogP) is 25.2. The van der Waals surface area contributed by atoms with Gasteiger partial charge in [0.25, 0.3) is 35.4 Å². The SMILES string of the molecule is CCOc1ccc(CC(=O)COc2ccc(C(=O)CCc3ccccc3)cc2)cc1.Cc1ccc(C(=O)Nc2cccc(-c3csc(-c4ccccc4)n3)c2)cc1.Cc1ccc(OCC(=O)Nc2ccc(N3CCN(Cc4ccccc4)CC3)cc2)cc1C.Cc1cccc(OCC(=O)Nc2ccccc2C(=O)NC2CCCCC2)c1.O=C(Nc1ccc(Cc2ccc(O)c(NC(=O)c3cccs3)c2)cc1O)c1cccs1. The highest BCUT2D eigenvalue weighted by molar-refractivity contribution is 7.13.